The Morgan fingerprint density at radius 3 is 2.59 bits per heavy atom. The van der Waals surface area contributed by atoms with Gasteiger partial charge in [0.05, 0.1) is 24.4 Å². The number of hydrogen-bond acceptors (Lipinski definition) is 4. The van der Waals surface area contributed by atoms with E-state index in [9.17, 15) is 4.79 Å². The SMILES string of the molecule is CC/C(=C(/c1ccc(OCCCC(C)/C=C/C(=O)N(C)C)nc1)c1[nH]c2ccccc2c1Cl)c1cccc(OC)c1. The third kappa shape index (κ3) is 7.39. The van der Waals surface area contributed by atoms with Gasteiger partial charge in [-0.3, -0.25) is 4.79 Å². The number of para-hydroxylation sites is 1. The molecular weight excluding hydrogens is 534 g/mol. The van der Waals surface area contributed by atoms with Crippen LogP contribution in [-0.4, -0.2) is 48.6 Å². The molecule has 0 aliphatic rings. The fraction of sp³-hybridized carbons (Fsp3) is 0.294. The number of aromatic nitrogens is 2. The van der Waals surface area contributed by atoms with Crippen molar-refractivity contribution in [2.75, 3.05) is 27.8 Å². The van der Waals surface area contributed by atoms with E-state index >= 15 is 0 Å². The molecule has 0 aliphatic carbocycles. The maximum atomic E-state index is 11.8. The third-order valence-corrected chi connectivity index (χ3v) is 7.45. The summed E-state index contributed by atoms with van der Waals surface area (Å²) in [5, 5.41) is 1.66. The second-order valence-electron chi connectivity index (χ2n) is 10.2. The van der Waals surface area contributed by atoms with Gasteiger partial charge in [0, 0.05) is 48.4 Å². The van der Waals surface area contributed by atoms with E-state index in [2.05, 4.69) is 29.9 Å². The Bertz CT molecular complexity index is 1540. The highest BCUT2D eigenvalue weighted by molar-refractivity contribution is 6.38. The van der Waals surface area contributed by atoms with Crippen molar-refractivity contribution in [3.8, 4) is 11.6 Å². The zero-order valence-corrected chi connectivity index (χ0v) is 25.2. The summed E-state index contributed by atoms with van der Waals surface area (Å²) in [6.45, 7) is 4.79. The molecule has 0 aliphatic heterocycles. The largest absolute Gasteiger partial charge is 0.497 e. The van der Waals surface area contributed by atoms with Crippen molar-refractivity contribution in [2.24, 2.45) is 5.92 Å². The number of fused-ring (bicyclic) bond motifs is 1. The average molecular weight is 572 g/mol. The summed E-state index contributed by atoms with van der Waals surface area (Å²) >= 11 is 6.98. The number of hydrogen-bond donors (Lipinski definition) is 1. The quantitative estimate of drug-likeness (QED) is 0.138. The van der Waals surface area contributed by atoms with Gasteiger partial charge >= 0.3 is 0 Å². The number of pyridine rings is 1. The lowest BCUT2D eigenvalue weighted by molar-refractivity contribution is -0.123. The number of benzene rings is 2. The molecule has 2 aromatic carbocycles. The van der Waals surface area contributed by atoms with Crippen molar-refractivity contribution in [1.29, 1.82) is 0 Å². The number of allylic oxidation sites excluding steroid dienone is 2. The van der Waals surface area contributed by atoms with E-state index in [0.29, 0.717) is 17.5 Å². The maximum Gasteiger partial charge on any atom is 0.245 e. The molecule has 214 valence electrons. The monoisotopic (exact) mass is 571 g/mol. The lowest BCUT2D eigenvalue weighted by Crippen LogP contribution is -2.19. The first-order valence-corrected chi connectivity index (χ1v) is 14.3. The molecule has 0 saturated carbocycles. The summed E-state index contributed by atoms with van der Waals surface area (Å²) in [7, 11) is 5.17. The number of nitrogens with one attached hydrogen (secondary N) is 1. The van der Waals surface area contributed by atoms with Gasteiger partial charge < -0.3 is 19.4 Å². The van der Waals surface area contributed by atoms with Crippen LogP contribution in [0.1, 0.15) is 49.9 Å². The highest BCUT2D eigenvalue weighted by Gasteiger charge is 2.20. The first-order valence-electron chi connectivity index (χ1n) is 13.9. The van der Waals surface area contributed by atoms with E-state index < -0.39 is 0 Å². The number of methoxy groups -OCH3 is 1. The summed E-state index contributed by atoms with van der Waals surface area (Å²) in [6, 6.07) is 20.1. The molecule has 1 atom stereocenters. The summed E-state index contributed by atoms with van der Waals surface area (Å²) < 4.78 is 11.5. The van der Waals surface area contributed by atoms with Crippen LogP contribution in [0.15, 0.2) is 79.0 Å². The van der Waals surface area contributed by atoms with Gasteiger partial charge in [-0.2, -0.15) is 0 Å². The molecule has 7 heteroatoms. The molecular formula is C34H38ClN3O3. The fourth-order valence-electron chi connectivity index (χ4n) is 4.77. The van der Waals surface area contributed by atoms with Crippen LogP contribution in [0.5, 0.6) is 11.6 Å². The number of likely N-dealkylation sites (N-methyl/N-ethyl adjacent to an activating group) is 1. The van der Waals surface area contributed by atoms with Crippen molar-refractivity contribution >= 4 is 39.6 Å². The first kappa shape index (κ1) is 29.9. The Morgan fingerprint density at radius 1 is 1.10 bits per heavy atom. The fourth-order valence-corrected chi connectivity index (χ4v) is 5.08. The summed E-state index contributed by atoms with van der Waals surface area (Å²) in [5.74, 6) is 1.65. The lowest BCUT2D eigenvalue weighted by Gasteiger charge is -2.16. The van der Waals surface area contributed by atoms with Gasteiger partial charge in [0.2, 0.25) is 11.8 Å². The molecule has 1 unspecified atom stereocenters. The Labute approximate surface area is 247 Å². The third-order valence-electron chi connectivity index (χ3n) is 7.05. The van der Waals surface area contributed by atoms with Crippen molar-refractivity contribution in [1.82, 2.24) is 14.9 Å². The normalized spacial score (nSPS) is 12.8. The molecule has 6 nitrogen and oxygen atoms in total. The van der Waals surface area contributed by atoms with Crippen molar-refractivity contribution in [3.63, 3.8) is 0 Å². The van der Waals surface area contributed by atoms with Crippen LogP contribution in [-0.2, 0) is 4.79 Å². The van der Waals surface area contributed by atoms with Crippen LogP contribution in [0.3, 0.4) is 0 Å². The Balaban J connectivity index is 1.59. The van der Waals surface area contributed by atoms with Gasteiger partial charge in [0.1, 0.15) is 5.75 Å². The van der Waals surface area contributed by atoms with Gasteiger partial charge in [0.15, 0.2) is 0 Å². The van der Waals surface area contributed by atoms with Gasteiger partial charge in [-0.15, -0.1) is 0 Å². The van der Waals surface area contributed by atoms with E-state index in [1.54, 1.807) is 32.2 Å². The van der Waals surface area contributed by atoms with Crippen LogP contribution in [0.2, 0.25) is 5.02 Å². The average Bonchev–Trinajstić information content (AvgIpc) is 3.32. The number of carbonyl (C=O) groups is 1. The zero-order chi connectivity index (χ0) is 29.4. The lowest BCUT2D eigenvalue weighted by atomic mass is 9.91. The van der Waals surface area contributed by atoms with E-state index in [1.165, 1.54) is 0 Å². The van der Waals surface area contributed by atoms with Gasteiger partial charge in [-0.25, -0.2) is 4.98 Å². The minimum Gasteiger partial charge on any atom is -0.497 e. The number of nitrogens with zero attached hydrogens (tertiary/aromatic N) is 2. The minimum atomic E-state index is -0.00262. The summed E-state index contributed by atoms with van der Waals surface area (Å²) in [6.07, 6.45) is 7.98. The predicted octanol–water partition coefficient (Wildman–Crippen LogP) is 8.03. The molecule has 0 spiro atoms. The number of carbonyl (C=O) groups excluding carboxylic acids is 1. The smallest absolute Gasteiger partial charge is 0.245 e. The van der Waals surface area contributed by atoms with Crippen LogP contribution in [0, 0.1) is 5.92 Å². The number of rotatable bonds is 12. The highest BCUT2D eigenvalue weighted by atomic mass is 35.5. The Hall–Kier alpha value is -4.03. The number of aromatic amines is 1. The molecule has 1 amide bonds. The number of halogens is 1. The van der Waals surface area contributed by atoms with Crippen LogP contribution in [0.4, 0.5) is 0 Å². The zero-order valence-electron chi connectivity index (χ0n) is 24.4. The molecule has 1 N–H and O–H groups in total. The number of H-pyrrole nitrogens is 1. The standard InChI is InChI=1S/C34H38ClN3O3/c1-6-27(24-12-9-13-26(21-24)40-5)32(34-33(35)28-14-7-8-15-29(28)37-34)25-17-18-30(36-22-25)41-20-10-11-23(2)16-19-31(39)38(3)4/h7-9,12-19,21-23,37H,6,10-11,20H2,1-5H3/b19-16+,32-27+. The molecule has 4 aromatic rings. The number of amides is 1. The van der Waals surface area contributed by atoms with E-state index in [-0.39, 0.29) is 11.8 Å². The summed E-state index contributed by atoms with van der Waals surface area (Å²) in [5.41, 5.74) is 5.96. The second-order valence-corrected chi connectivity index (χ2v) is 10.6. The van der Waals surface area contributed by atoms with Crippen LogP contribution < -0.4 is 9.47 Å². The molecule has 0 saturated heterocycles. The molecule has 0 radical (unpaired) electrons. The van der Waals surface area contributed by atoms with E-state index in [4.69, 9.17) is 21.1 Å². The molecule has 0 bridgehead atoms. The first-order chi connectivity index (χ1) is 19.8. The highest BCUT2D eigenvalue weighted by Crippen LogP contribution is 2.40. The van der Waals surface area contributed by atoms with E-state index in [1.807, 2.05) is 66.9 Å². The van der Waals surface area contributed by atoms with Crippen molar-refractivity contribution in [2.45, 2.75) is 33.1 Å². The molecule has 41 heavy (non-hydrogen) atoms. The molecule has 0 fully saturated rings. The molecule has 2 aromatic heterocycles. The van der Waals surface area contributed by atoms with Crippen LogP contribution >= 0.6 is 11.6 Å². The Morgan fingerprint density at radius 2 is 1.90 bits per heavy atom. The summed E-state index contributed by atoms with van der Waals surface area (Å²) in [4.78, 5) is 21.5. The minimum absolute atomic E-state index is 0.00262. The van der Waals surface area contributed by atoms with Crippen molar-refractivity contribution < 1.29 is 14.3 Å². The topological polar surface area (TPSA) is 67.5 Å². The predicted molar refractivity (Wildman–Crippen MR) is 168 cm³/mol. The van der Waals surface area contributed by atoms with Gasteiger partial charge in [-0.05, 0) is 66.7 Å². The van der Waals surface area contributed by atoms with Crippen LogP contribution in [0.25, 0.3) is 22.0 Å². The maximum absolute atomic E-state index is 11.8. The van der Waals surface area contributed by atoms with Crippen molar-refractivity contribution in [3.05, 3.63) is 101 Å². The second kappa shape index (κ2) is 14.0. The van der Waals surface area contributed by atoms with Gasteiger partial charge in [-0.1, -0.05) is 61.9 Å². The number of ether oxygens (including phenoxy) is 2. The Kier molecular flexibility index (Phi) is 10.3. The van der Waals surface area contributed by atoms with Gasteiger partial charge in [0.25, 0.3) is 0 Å². The molecule has 4 rings (SSSR count). The van der Waals surface area contributed by atoms with E-state index in [0.717, 1.165) is 63.9 Å². The molecule has 2 heterocycles.